The monoisotopic (exact) mass is 514 g/mol. The van der Waals surface area contributed by atoms with Crippen molar-refractivity contribution in [1.29, 1.82) is 0 Å². The molecule has 0 saturated heterocycles. The van der Waals surface area contributed by atoms with Gasteiger partial charge in [0.25, 0.3) is 0 Å². The van der Waals surface area contributed by atoms with Crippen molar-refractivity contribution < 1.29 is 49.3 Å². The van der Waals surface area contributed by atoms with Gasteiger partial charge in [-0.1, -0.05) is 18.1 Å². The van der Waals surface area contributed by atoms with Crippen molar-refractivity contribution in [2.24, 2.45) is 0 Å². The number of anilines is 1. The Morgan fingerprint density at radius 3 is 2.56 bits per heavy atom. The third-order valence-electron chi connectivity index (χ3n) is 6.06. The summed E-state index contributed by atoms with van der Waals surface area (Å²) in [6.07, 6.45) is 5.90. The molecule has 0 atom stereocenters. The van der Waals surface area contributed by atoms with Gasteiger partial charge < -0.3 is 29.2 Å². The molecule has 0 unspecified atom stereocenters. The molecule has 34 heavy (non-hydrogen) atoms. The fourth-order valence-corrected chi connectivity index (χ4v) is 5.36. The van der Waals surface area contributed by atoms with E-state index in [1.807, 2.05) is 18.6 Å². The maximum atomic E-state index is 13.3. The zero-order chi connectivity index (χ0) is 22.8. The molecule has 2 aromatic heterocycles. The Bertz CT molecular complexity index is 1220. The number of benzene rings is 1. The van der Waals surface area contributed by atoms with Gasteiger partial charge in [-0.15, -0.1) is 11.8 Å². The summed E-state index contributed by atoms with van der Waals surface area (Å²) in [6, 6.07) is 7.36. The Kier molecular flexibility index (Phi) is 10.8. The van der Waals surface area contributed by atoms with Gasteiger partial charge in [-0.25, -0.2) is 11.3 Å². The van der Waals surface area contributed by atoms with Crippen LogP contribution in [0.1, 0.15) is 12.8 Å². The molecular weight excluding hydrogens is 489 g/mol. The maximum Gasteiger partial charge on any atom is 1.00 e. The normalized spacial score (nSPS) is 17.1. The molecule has 0 radical (unpaired) electrons. The summed E-state index contributed by atoms with van der Waals surface area (Å²) in [5, 5.41) is 1.50. The summed E-state index contributed by atoms with van der Waals surface area (Å²) in [5.41, 5.74) is 0.933. The smallest absolute Gasteiger partial charge is 0.870 e. The van der Waals surface area contributed by atoms with Crippen LogP contribution >= 0.6 is 23.4 Å². The Labute approximate surface area is 229 Å². The number of halogens is 1. The Balaban J connectivity index is 0.00000204. The number of carbonyl (C=O) groups excluding carboxylic acids is 1. The first-order chi connectivity index (χ1) is 15.5. The number of ether oxygens (including phenoxy) is 2. The first-order valence-electron chi connectivity index (χ1n) is 10.4. The van der Waals surface area contributed by atoms with E-state index >= 15 is 0 Å². The van der Waals surface area contributed by atoms with Crippen LogP contribution in [0.15, 0.2) is 34.0 Å². The van der Waals surface area contributed by atoms with E-state index < -0.39 is 0 Å². The van der Waals surface area contributed by atoms with Crippen molar-refractivity contribution in [3.63, 3.8) is 0 Å². The number of methoxy groups -OCH3 is 2. The third-order valence-corrected chi connectivity index (χ3v) is 7.31. The first-order valence-corrected chi connectivity index (χ1v) is 12.0. The average molecular weight is 515 g/mol. The van der Waals surface area contributed by atoms with Crippen molar-refractivity contribution in [3.8, 4) is 0 Å². The van der Waals surface area contributed by atoms with Crippen molar-refractivity contribution >= 4 is 57.4 Å². The van der Waals surface area contributed by atoms with Crippen LogP contribution in [0.2, 0.25) is 5.02 Å². The van der Waals surface area contributed by atoms with E-state index in [1.165, 1.54) is 11.8 Å². The molecule has 3 aromatic rings. The second kappa shape index (κ2) is 12.7. The number of hydrogen-bond acceptors (Lipinski definition) is 8. The van der Waals surface area contributed by atoms with E-state index in [2.05, 4.69) is 4.90 Å². The third kappa shape index (κ3) is 5.32. The Morgan fingerprint density at radius 2 is 1.94 bits per heavy atom. The van der Waals surface area contributed by atoms with Gasteiger partial charge in [0.15, 0.2) is 5.43 Å². The standard InChI is InChI=1S/C23H25ClN3O4S.Na.H2O/c1-30-11-9-26(14-12-15(13-14)31-2)19-7-5-17-21(29)16-4-6-18(24)22(32-3)20(16)27(8-10-28)23(17)25-19;;/h4-7,14-15H,8-9,11-13H2,1-3H3;;1H2/q-1;+1;/p-1. The molecule has 1 saturated carbocycles. The SMILES string of the molecule is COCCN(c1ccc2c(=O)c3ccc(Cl)c(SC)c3n(C[C-]=O)c2n1)C1CC(OC)C1.[Na+].[OH-]. The predicted octanol–water partition coefficient (Wildman–Crippen LogP) is 0.492. The minimum Gasteiger partial charge on any atom is -0.870 e. The molecule has 1 N–H and O–H groups in total. The summed E-state index contributed by atoms with van der Waals surface area (Å²) in [7, 11) is 3.39. The molecule has 4 rings (SSSR count). The molecule has 8 nitrogen and oxygen atoms in total. The van der Waals surface area contributed by atoms with Crippen LogP contribution in [-0.4, -0.2) is 67.1 Å². The number of pyridine rings is 2. The second-order valence-corrected chi connectivity index (χ2v) is 8.97. The van der Waals surface area contributed by atoms with Crippen LogP contribution in [0, 0.1) is 0 Å². The first kappa shape index (κ1) is 29.1. The predicted molar refractivity (Wildman–Crippen MR) is 131 cm³/mol. The summed E-state index contributed by atoms with van der Waals surface area (Å²) < 4.78 is 12.5. The van der Waals surface area contributed by atoms with Gasteiger partial charge in [-0.3, -0.25) is 4.79 Å². The van der Waals surface area contributed by atoms with Crippen LogP contribution in [-0.2, 0) is 20.8 Å². The topological polar surface area (TPSA) is 104 Å². The summed E-state index contributed by atoms with van der Waals surface area (Å²) in [5.74, 6) is 0.736. The fourth-order valence-electron chi connectivity index (χ4n) is 4.30. The molecule has 11 heteroatoms. The maximum absolute atomic E-state index is 13.3. The van der Waals surface area contributed by atoms with Crippen molar-refractivity contribution in [3.05, 3.63) is 39.5 Å². The van der Waals surface area contributed by atoms with Gasteiger partial charge >= 0.3 is 29.6 Å². The van der Waals surface area contributed by atoms with E-state index in [0.717, 1.165) is 23.6 Å². The number of rotatable bonds is 9. The van der Waals surface area contributed by atoms with Crippen molar-refractivity contribution in [2.45, 2.75) is 36.4 Å². The summed E-state index contributed by atoms with van der Waals surface area (Å²) >= 11 is 7.86. The number of aromatic nitrogens is 2. The molecule has 1 fully saturated rings. The molecule has 178 valence electrons. The van der Waals surface area contributed by atoms with E-state index in [4.69, 9.17) is 26.1 Å². The van der Waals surface area contributed by atoms with Crippen LogP contribution < -0.4 is 39.9 Å². The minimum absolute atomic E-state index is 0. The summed E-state index contributed by atoms with van der Waals surface area (Å²) in [4.78, 5) is 32.6. The van der Waals surface area contributed by atoms with Gasteiger partial charge in [0.1, 0.15) is 11.5 Å². The minimum atomic E-state index is -0.130. The zero-order valence-electron chi connectivity index (χ0n) is 19.7. The quantitative estimate of drug-likeness (QED) is 0.176. The van der Waals surface area contributed by atoms with Crippen LogP contribution in [0.5, 0.6) is 0 Å². The number of fused-ring (bicyclic) bond motifs is 2. The number of hydrogen-bond donors (Lipinski definition) is 0. The molecule has 1 aromatic carbocycles. The number of nitrogens with zero attached hydrogens (tertiary/aromatic N) is 3. The molecule has 0 amide bonds. The molecule has 0 bridgehead atoms. The molecule has 0 aliphatic heterocycles. The zero-order valence-corrected chi connectivity index (χ0v) is 23.3. The van der Waals surface area contributed by atoms with E-state index in [9.17, 15) is 9.59 Å². The van der Waals surface area contributed by atoms with E-state index in [0.29, 0.717) is 40.1 Å². The van der Waals surface area contributed by atoms with Gasteiger partial charge in [0.2, 0.25) is 0 Å². The summed E-state index contributed by atoms with van der Waals surface area (Å²) in [6.45, 7) is 1.16. The largest absolute Gasteiger partial charge is 1.00 e. The fraction of sp³-hybridized carbons (Fsp3) is 0.435. The van der Waals surface area contributed by atoms with E-state index in [-0.39, 0.29) is 59.2 Å². The van der Waals surface area contributed by atoms with Gasteiger partial charge in [0.05, 0.1) is 33.5 Å². The van der Waals surface area contributed by atoms with Crippen LogP contribution in [0.4, 0.5) is 5.82 Å². The van der Waals surface area contributed by atoms with Gasteiger partial charge in [-0.05, 0) is 43.4 Å². The molecule has 1 aliphatic carbocycles. The van der Waals surface area contributed by atoms with Crippen molar-refractivity contribution in [1.82, 2.24) is 9.55 Å². The molecule has 1 aliphatic rings. The Hall–Kier alpha value is -1.17. The second-order valence-electron chi connectivity index (χ2n) is 7.75. The average Bonchev–Trinajstić information content (AvgIpc) is 2.77. The number of thioether (sulfide) groups is 1. The van der Waals surface area contributed by atoms with Crippen LogP contribution in [0.25, 0.3) is 21.9 Å². The molecule has 2 heterocycles. The molecule has 0 spiro atoms. The van der Waals surface area contributed by atoms with Gasteiger partial charge in [0, 0.05) is 32.2 Å². The van der Waals surface area contributed by atoms with E-state index in [1.54, 1.807) is 37.0 Å². The van der Waals surface area contributed by atoms with Crippen molar-refractivity contribution in [2.75, 3.05) is 38.5 Å². The Morgan fingerprint density at radius 1 is 1.24 bits per heavy atom. The molecular formula is C23H26ClN3NaO5S-. The van der Waals surface area contributed by atoms with Crippen LogP contribution in [0.3, 0.4) is 0 Å². The van der Waals surface area contributed by atoms with Gasteiger partial charge in [-0.2, -0.15) is 0 Å².